The molecule has 2 unspecified atom stereocenters. The van der Waals surface area contributed by atoms with E-state index in [1.165, 1.54) is 39.9 Å². The molecule has 3 aromatic rings. The number of likely N-dealkylation sites (tertiary alicyclic amines) is 1. The third-order valence-electron chi connectivity index (χ3n) is 7.07. The number of anilines is 1. The number of likely N-dealkylation sites (N-methyl/N-ethyl adjacent to an activating group) is 1. The second-order valence-electron chi connectivity index (χ2n) is 9.45. The van der Waals surface area contributed by atoms with E-state index in [2.05, 4.69) is 15.1 Å². The number of piperidine rings is 1. The number of fused-ring (bicyclic) bond motifs is 1. The van der Waals surface area contributed by atoms with Crippen LogP contribution in [0.15, 0.2) is 42.5 Å². The number of benzene rings is 2. The zero-order chi connectivity index (χ0) is 25.2. The minimum Gasteiger partial charge on any atom is -0.296 e. The summed E-state index contributed by atoms with van der Waals surface area (Å²) >= 11 is 0. The van der Waals surface area contributed by atoms with Crippen molar-refractivity contribution in [2.75, 3.05) is 24.4 Å². The van der Waals surface area contributed by atoms with Crippen molar-refractivity contribution in [3.8, 4) is 0 Å². The Morgan fingerprint density at radius 2 is 1.97 bits per heavy atom. The first-order valence-corrected chi connectivity index (χ1v) is 12.6. The van der Waals surface area contributed by atoms with E-state index < -0.39 is 33.4 Å². The van der Waals surface area contributed by atoms with Gasteiger partial charge in [0.05, 0.1) is 16.7 Å². The molecule has 2 aliphatic rings. The van der Waals surface area contributed by atoms with Crippen molar-refractivity contribution in [3.05, 3.63) is 59.5 Å². The predicted octanol–water partition coefficient (Wildman–Crippen LogP) is 4.14. The SMILES string of the molecule is CC1CC2(CCN1Cc1ccc3n[nH]c(C(F)(F)F)c3c1)CN(C)S(=O)(=O)N2c1cccc(F)c1. The monoisotopic (exact) mass is 511 g/mol. The van der Waals surface area contributed by atoms with Crippen LogP contribution >= 0.6 is 0 Å². The molecule has 2 atom stereocenters. The van der Waals surface area contributed by atoms with Gasteiger partial charge in [-0.1, -0.05) is 12.1 Å². The lowest BCUT2D eigenvalue weighted by Crippen LogP contribution is -2.57. The first kappa shape index (κ1) is 24.0. The van der Waals surface area contributed by atoms with Crippen molar-refractivity contribution in [1.29, 1.82) is 0 Å². The molecule has 2 fully saturated rings. The van der Waals surface area contributed by atoms with E-state index in [4.69, 9.17) is 0 Å². The molecule has 1 aromatic heterocycles. The van der Waals surface area contributed by atoms with Crippen LogP contribution in [0.4, 0.5) is 23.2 Å². The Morgan fingerprint density at radius 3 is 2.66 bits per heavy atom. The lowest BCUT2D eigenvalue weighted by Gasteiger charge is -2.47. The molecule has 35 heavy (non-hydrogen) atoms. The fraction of sp³-hybridized carbons (Fsp3) is 0.435. The maximum atomic E-state index is 14.0. The summed E-state index contributed by atoms with van der Waals surface area (Å²) in [6, 6.07) is 10.4. The quantitative estimate of drug-likeness (QED) is 0.537. The van der Waals surface area contributed by atoms with Gasteiger partial charge in [0.25, 0.3) is 0 Å². The van der Waals surface area contributed by atoms with E-state index in [1.54, 1.807) is 18.2 Å². The van der Waals surface area contributed by atoms with Crippen LogP contribution in [0.3, 0.4) is 0 Å². The summed E-state index contributed by atoms with van der Waals surface area (Å²) in [5, 5.41) is 5.85. The van der Waals surface area contributed by atoms with Crippen LogP contribution in [0.5, 0.6) is 0 Å². The van der Waals surface area contributed by atoms with Crippen LogP contribution in [0.1, 0.15) is 31.0 Å². The number of alkyl halides is 3. The highest BCUT2D eigenvalue weighted by atomic mass is 32.2. The first-order chi connectivity index (χ1) is 16.4. The standard InChI is InChI=1S/C23H25F4N5O2S/c1-15-12-22(14-30(2)35(33,34)32(22)18-5-3-4-17(24)11-18)8-9-31(15)13-16-6-7-20-19(10-16)21(29-28-20)23(25,26)27/h3-7,10-11,15H,8-9,12-14H2,1-2H3,(H,28,29). The fourth-order valence-electron chi connectivity index (χ4n) is 5.48. The largest absolute Gasteiger partial charge is 0.433 e. The molecule has 1 spiro atoms. The summed E-state index contributed by atoms with van der Waals surface area (Å²) in [5.74, 6) is -0.513. The fourth-order valence-corrected chi connectivity index (χ4v) is 7.25. The summed E-state index contributed by atoms with van der Waals surface area (Å²) in [4.78, 5) is 2.13. The topological polar surface area (TPSA) is 72.5 Å². The Balaban J connectivity index is 1.41. The Hall–Kier alpha value is -2.70. The van der Waals surface area contributed by atoms with Crippen LogP contribution < -0.4 is 4.31 Å². The molecule has 0 bridgehead atoms. The molecule has 2 aromatic carbocycles. The molecule has 188 valence electrons. The Morgan fingerprint density at radius 1 is 1.20 bits per heavy atom. The van der Waals surface area contributed by atoms with E-state index in [1.807, 2.05) is 6.92 Å². The number of H-pyrrole nitrogens is 1. The molecule has 0 saturated carbocycles. The van der Waals surface area contributed by atoms with Gasteiger partial charge in [-0.15, -0.1) is 0 Å². The van der Waals surface area contributed by atoms with E-state index in [0.29, 0.717) is 37.2 Å². The normalized spacial score (nSPS) is 25.7. The van der Waals surface area contributed by atoms with Crippen molar-refractivity contribution in [1.82, 2.24) is 19.4 Å². The van der Waals surface area contributed by atoms with Crippen molar-refractivity contribution in [3.63, 3.8) is 0 Å². The van der Waals surface area contributed by atoms with Crippen molar-refractivity contribution < 1.29 is 26.0 Å². The summed E-state index contributed by atoms with van der Waals surface area (Å²) in [6.07, 6.45) is -3.54. The first-order valence-electron chi connectivity index (χ1n) is 11.2. The summed E-state index contributed by atoms with van der Waals surface area (Å²) in [7, 11) is -2.30. The molecule has 3 heterocycles. The van der Waals surface area contributed by atoms with Crippen LogP contribution in [0, 0.1) is 5.82 Å². The highest BCUT2D eigenvalue weighted by Crippen LogP contribution is 2.44. The number of nitrogens with zero attached hydrogens (tertiary/aromatic N) is 4. The van der Waals surface area contributed by atoms with Crippen molar-refractivity contribution in [2.24, 2.45) is 0 Å². The van der Waals surface area contributed by atoms with Crippen LogP contribution in [-0.2, 0) is 22.9 Å². The molecule has 0 amide bonds. The molecular weight excluding hydrogens is 486 g/mol. The molecule has 0 radical (unpaired) electrons. The average Bonchev–Trinajstić information content (AvgIpc) is 3.26. The van der Waals surface area contributed by atoms with Crippen molar-refractivity contribution >= 4 is 26.8 Å². The molecule has 12 heteroatoms. The van der Waals surface area contributed by atoms with Crippen LogP contribution in [0.25, 0.3) is 10.9 Å². The van der Waals surface area contributed by atoms with Gasteiger partial charge in [0.15, 0.2) is 0 Å². The maximum Gasteiger partial charge on any atom is 0.433 e. The molecule has 2 saturated heterocycles. The van der Waals surface area contributed by atoms with Gasteiger partial charge >= 0.3 is 16.4 Å². The van der Waals surface area contributed by atoms with Gasteiger partial charge in [-0.3, -0.25) is 14.3 Å². The summed E-state index contributed by atoms with van der Waals surface area (Å²) in [6.45, 7) is 3.21. The zero-order valence-corrected chi connectivity index (χ0v) is 20.0. The smallest absolute Gasteiger partial charge is 0.296 e. The zero-order valence-electron chi connectivity index (χ0n) is 19.2. The highest BCUT2D eigenvalue weighted by Gasteiger charge is 2.55. The minimum absolute atomic E-state index is 0.0249. The second-order valence-corrected chi connectivity index (χ2v) is 11.3. The number of hydrogen-bond acceptors (Lipinski definition) is 4. The Labute approximate surface area is 200 Å². The third-order valence-corrected chi connectivity index (χ3v) is 9.04. The second kappa shape index (κ2) is 8.17. The van der Waals surface area contributed by atoms with Crippen LogP contribution in [0.2, 0.25) is 0 Å². The van der Waals surface area contributed by atoms with Gasteiger partial charge < -0.3 is 0 Å². The minimum atomic E-state index is -4.53. The molecule has 7 nitrogen and oxygen atoms in total. The number of aromatic amines is 1. The van der Waals surface area contributed by atoms with E-state index in [9.17, 15) is 26.0 Å². The van der Waals surface area contributed by atoms with Gasteiger partial charge in [0.2, 0.25) is 0 Å². The highest BCUT2D eigenvalue weighted by molar-refractivity contribution is 7.90. The van der Waals surface area contributed by atoms with Crippen LogP contribution in [-0.4, -0.2) is 59.5 Å². The van der Waals surface area contributed by atoms with Gasteiger partial charge in [-0.25, -0.2) is 4.39 Å². The summed E-state index contributed by atoms with van der Waals surface area (Å²) in [5.41, 5.74) is -0.359. The Kier molecular flexibility index (Phi) is 5.61. The lowest BCUT2D eigenvalue weighted by molar-refractivity contribution is -0.139. The van der Waals surface area contributed by atoms with E-state index in [0.717, 1.165) is 0 Å². The molecule has 0 aliphatic carbocycles. The molecular formula is C23H25F4N5O2S. The van der Waals surface area contributed by atoms with E-state index >= 15 is 0 Å². The predicted molar refractivity (Wildman–Crippen MR) is 123 cm³/mol. The number of halogens is 4. The number of nitrogens with one attached hydrogen (secondary N) is 1. The van der Waals surface area contributed by atoms with E-state index in [-0.39, 0.29) is 23.5 Å². The molecule has 2 aliphatic heterocycles. The third kappa shape index (κ3) is 4.07. The van der Waals surface area contributed by atoms with Gasteiger partial charge in [0, 0.05) is 38.1 Å². The summed E-state index contributed by atoms with van der Waals surface area (Å²) < 4.78 is 82.9. The average molecular weight is 512 g/mol. The number of hydrogen-bond donors (Lipinski definition) is 1. The van der Waals surface area contributed by atoms with Gasteiger partial charge in [0.1, 0.15) is 11.5 Å². The number of aromatic nitrogens is 2. The number of rotatable bonds is 3. The van der Waals surface area contributed by atoms with Crippen molar-refractivity contribution in [2.45, 2.75) is 44.1 Å². The van der Waals surface area contributed by atoms with Gasteiger partial charge in [-0.05, 0) is 55.7 Å². The Bertz CT molecular complexity index is 1380. The maximum absolute atomic E-state index is 14.0. The molecule has 5 rings (SSSR count). The lowest BCUT2D eigenvalue weighted by atomic mass is 9.82. The molecule has 1 N–H and O–H groups in total. The van der Waals surface area contributed by atoms with Gasteiger partial charge in [-0.2, -0.15) is 31.0 Å².